The number of hydrogen-bond acceptors (Lipinski definition) is 7. The number of ketones is 1. The topological polar surface area (TPSA) is 96.0 Å². The molecule has 0 spiro atoms. The second kappa shape index (κ2) is 9.30. The maximum Gasteiger partial charge on any atom is 0.311 e. The third-order valence-corrected chi connectivity index (χ3v) is 14.8. The number of esters is 3. The summed E-state index contributed by atoms with van der Waals surface area (Å²) in [7, 11) is 0. The van der Waals surface area contributed by atoms with Crippen molar-refractivity contribution in [1.82, 2.24) is 0 Å². The summed E-state index contributed by atoms with van der Waals surface area (Å²) in [5.41, 5.74) is -1.11. The molecule has 6 saturated carbocycles. The molecule has 0 radical (unpaired) electrons. The Hall–Kier alpha value is -1.92. The van der Waals surface area contributed by atoms with Crippen LogP contribution in [0.4, 0.5) is 0 Å². The van der Waals surface area contributed by atoms with Crippen LogP contribution in [0.1, 0.15) is 112 Å². The van der Waals surface area contributed by atoms with Gasteiger partial charge in [-0.15, -0.1) is 0 Å². The van der Waals surface area contributed by atoms with E-state index in [4.69, 9.17) is 14.2 Å². The van der Waals surface area contributed by atoms with Gasteiger partial charge in [-0.3, -0.25) is 19.2 Å². The van der Waals surface area contributed by atoms with E-state index >= 15 is 0 Å². The van der Waals surface area contributed by atoms with E-state index in [1.165, 1.54) is 6.42 Å². The highest BCUT2D eigenvalue weighted by Gasteiger charge is 2.72. The lowest BCUT2D eigenvalue weighted by atomic mass is 9.44. The van der Waals surface area contributed by atoms with Crippen LogP contribution < -0.4 is 0 Å². The number of hydrogen-bond donors (Lipinski definition) is 0. The molecule has 42 heavy (non-hydrogen) atoms. The Bertz CT molecular complexity index is 1210. The lowest BCUT2D eigenvalue weighted by molar-refractivity contribution is -0.195. The van der Waals surface area contributed by atoms with Crippen molar-refractivity contribution in [3.8, 4) is 0 Å². The molecule has 1 heterocycles. The summed E-state index contributed by atoms with van der Waals surface area (Å²) in [6.07, 6.45) is 9.14. The standard InChI is InChI=1S/C35H50O7/c1-7-32(2,3)31(39)41-28-22-17-21-25(29(37)40-27(21)28)26(22)30(38)42-35(6)15-12-24-20-9-8-18-16-19(36)10-13-33(18,4)23(20)11-14-34(24,35)5/h18,20-28H,7-17H2,1-6H3/t18?,20?,21?,22?,23-,24-,25?,26?,27?,28?,33-,34-,35?/m0/s1. The summed E-state index contributed by atoms with van der Waals surface area (Å²) in [4.78, 5) is 52.5. The molecular weight excluding hydrogens is 532 g/mol. The minimum Gasteiger partial charge on any atom is -0.459 e. The summed E-state index contributed by atoms with van der Waals surface area (Å²) in [5, 5.41) is 0. The number of carbonyl (C=O) groups is 4. The van der Waals surface area contributed by atoms with E-state index in [1.54, 1.807) is 0 Å². The smallest absolute Gasteiger partial charge is 0.311 e. The van der Waals surface area contributed by atoms with E-state index in [9.17, 15) is 19.2 Å². The van der Waals surface area contributed by atoms with Crippen molar-refractivity contribution in [2.75, 3.05) is 0 Å². The number of ether oxygens (including phenoxy) is 3. The van der Waals surface area contributed by atoms with Crippen molar-refractivity contribution in [3.05, 3.63) is 0 Å². The number of Topliss-reactive ketones (excluding diaryl/α,β-unsaturated/α-hetero) is 1. The number of rotatable bonds is 5. The maximum absolute atomic E-state index is 14.2. The molecule has 9 unspecified atom stereocenters. The molecule has 7 heteroatoms. The van der Waals surface area contributed by atoms with E-state index in [0.717, 1.165) is 51.4 Å². The highest BCUT2D eigenvalue weighted by Crippen LogP contribution is 2.69. The monoisotopic (exact) mass is 582 g/mol. The van der Waals surface area contributed by atoms with Crippen LogP contribution in [-0.4, -0.2) is 41.5 Å². The van der Waals surface area contributed by atoms with E-state index < -0.39 is 35.1 Å². The van der Waals surface area contributed by atoms with Gasteiger partial charge in [-0.05, 0) is 108 Å². The zero-order chi connectivity index (χ0) is 30.0. The molecule has 0 N–H and O–H groups in total. The summed E-state index contributed by atoms with van der Waals surface area (Å²) in [5.74, 6) is 0.345. The molecule has 13 atom stereocenters. The van der Waals surface area contributed by atoms with E-state index in [-0.39, 0.29) is 40.6 Å². The minimum absolute atomic E-state index is 0.0870. The van der Waals surface area contributed by atoms with Crippen LogP contribution in [0.25, 0.3) is 0 Å². The Morgan fingerprint density at radius 2 is 1.69 bits per heavy atom. The van der Waals surface area contributed by atoms with Gasteiger partial charge in [-0.25, -0.2) is 0 Å². The second-order valence-corrected chi connectivity index (χ2v) is 16.7. The molecule has 0 aromatic carbocycles. The largest absolute Gasteiger partial charge is 0.459 e. The van der Waals surface area contributed by atoms with Gasteiger partial charge in [0.05, 0.1) is 17.3 Å². The van der Waals surface area contributed by atoms with Crippen molar-refractivity contribution < 1.29 is 33.4 Å². The van der Waals surface area contributed by atoms with Crippen molar-refractivity contribution in [2.24, 2.45) is 63.6 Å². The molecule has 232 valence electrons. The quantitative estimate of drug-likeness (QED) is 0.287. The minimum atomic E-state index is -0.636. The first-order chi connectivity index (χ1) is 19.7. The van der Waals surface area contributed by atoms with Gasteiger partial charge in [0.1, 0.15) is 23.6 Å². The number of carbonyl (C=O) groups excluding carboxylic acids is 4. The van der Waals surface area contributed by atoms with Gasteiger partial charge in [0, 0.05) is 30.1 Å². The molecule has 2 bridgehead atoms. The van der Waals surface area contributed by atoms with E-state index in [2.05, 4.69) is 20.8 Å². The van der Waals surface area contributed by atoms with Crippen LogP contribution in [0.5, 0.6) is 0 Å². The third kappa shape index (κ3) is 3.76. The molecule has 1 saturated heterocycles. The van der Waals surface area contributed by atoms with Crippen LogP contribution in [0.2, 0.25) is 0 Å². The first-order valence-electron chi connectivity index (χ1n) is 16.9. The van der Waals surface area contributed by atoms with Gasteiger partial charge in [0.15, 0.2) is 0 Å². The fourth-order valence-corrected chi connectivity index (χ4v) is 11.6. The van der Waals surface area contributed by atoms with Gasteiger partial charge >= 0.3 is 17.9 Å². The van der Waals surface area contributed by atoms with Crippen LogP contribution >= 0.6 is 0 Å². The zero-order valence-electron chi connectivity index (χ0n) is 26.4. The summed E-state index contributed by atoms with van der Waals surface area (Å²) < 4.78 is 18.4. The molecule has 7 aliphatic rings. The van der Waals surface area contributed by atoms with Crippen LogP contribution in [0.15, 0.2) is 0 Å². The molecule has 0 amide bonds. The fourth-order valence-electron chi connectivity index (χ4n) is 11.6. The first kappa shape index (κ1) is 28.8. The van der Waals surface area contributed by atoms with Crippen molar-refractivity contribution >= 4 is 23.7 Å². The van der Waals surface area contributed by atoms with Crippen LogP contribution in [-0.2, 0) is 33.4 Å². The summed E-state index contributed by atoms with van der Waals surface area (Å²) in [6, 6.07) is 0. The summed E-state index contributed by atoms with van der Waals surface area (Å²) in [6.45, 7) is 12.6. The van der Waals surface area contributed by atoms with Crippen molar-refractivity contribution in [2.45, 2.75) is 130 Å². The number of fused-ring (bicyclic) bond motifs is 6. The Morgan fingerprint density at radius 3 is 2.43 bits per heavy atom. The van der Waals surface area contributed by atoms with Gasteiger partial charge in [-0.2, -0.15) is 0 Å². The Morgan fingerprint density at radius 1 is 0.952 bits per heavy atom. The van der Waals surface area contributed by atoms with Gasteiger partial charge < -0.3 is 14.2 Å². The van der Waals surface area contributed by atoms with Gasteiger partial charge in [-0.1, -0.05) is 20.8 Å². The SMILES string of the molecule is CCC(C)(C)C(=O)OC1C2CC3C1OC(=O)C3C2C(=O)OC1(C)CC[C@H]2C3CCC4CC(=O)CC[C@]4(C)[C@H]3CC[C@@]21C. The Kier molecular flexibility index (Phi) is 6.38. The van der Waals surface area contributed by atoms with Crippen molar-refractivity contribution in [1.29, 1.82) is 0 Å². The predicted octanol–water partition coefficient (Wildman–Crippen LogP) is 6.06. The molecule has 7 fully saturated rings. The normalized spacial score (nSPS) is 50.5. The second-order valence-electron chi connectivity index (χ2n) is 16.7. The molecule has 1 aliphatic heterocycles. The predicted molar refractivity (Wildman–Crippen MR) is 154 cm³/mol. The highest BCUT2D eigenvalue weighted by atomic mass is 16.6. The highest BCUT2D eigenvalue weighted by molar-refractivity contribution is 5.86. The molecule has 0 aromatic rings. The third-order valence-electron chi connectivity index (χ3n) is 14.8. The van der Waals surface area contributed by atoms with Gasteiger partial charge in [0.2, 0.25) is 0 Å². The average molecular weight is 583 g/mol. The van der Waals surface area contributed by atoms with Crippen LogP contribution in [0, 0.1) is 63.6 Å². The first-order valence-corrected chi connectivity index (χ1v) is 16.9. The zero-order valence-corrected chi connectivity index (χ0v) is 26.4. The van der Waals surface area contributed by atoms with E-state index in [1.807, 2.05) is 20.8 Å². The lowest BCUT2D eigenvalue weighted by Crippen LogP contribution is -2.57. The lowest BCUT2D eigenvalue weighted by Gasteiger charge is -2.61. The molecular formula is C35H50O7. The fraction of sp³-hybridized carbons (Fsp3) is 0.886. The molecule has 0 aromatic heterocycles. The van der Waals surface area contributed by atoms with Crippen molar-refractivity contribution in [3.63, 3.8) is 0 Å². The molecule has 7 nitrogen and oxygen atoms in total. The molecule has 7 rings (SSSR count). The van der Waals surface area contributed by atoms with Crippen LogP contribution in [0.3, 0.4) is 0 Å². The Labute approximate surface area is 250 Å². The average Bonchev–Trinajstić information content (AvgIpc) is 3.63. The maximum atomic E-state index is 14.2. The van der Waals surface area contributed by atoms with Gasteiger partial charge in [0.25, 0.3) is 0 Å². The summed E-state index contributed by atoms with van der Waals surface area (Å²) >= 11 is 0. The Balaban J connectivity index is 1.10. The molecule has 6 aliphatic carbocycles. The van der Waals surface area contributed by atoms with E-state index in [0.29, 0.717) is 42.3 Å².